The van der Waals surface area contributed by atoms with E-state index in [2.05, 4.69) is 13.8 Å². The van der Waals surface area contributed by atoms with Crippen molar-refractivity contribution in [3.05, 3.63) is 0 Å². The van der Waals surface area contributed by atoms with Crippen molar-refractivity contribution in [2.75, 3.05) is 13.2 Å². The van der Waals surface area contributed by atoms with Gasteiger partial charge in [-0.15, -0.1) is 0 Å². The number of carbonyl (C=O) groups excluding carboxylic acids is 2. The van der Waals surface area contributed by atoms with Gasteiger partial charge in [0.1, 0.15) is 43.2 Å². The van der Waals surface area contributed by atoms with Crippen LogP contribution in [0.25, 0.3) is 0 Å². The molecule has 1 aliphatic carbocycles. The van der Waals surface area contributed by atoms with Gasteiger partial charge >= 0.3 is 19.8 Å². The molecule has 6 N–H and O–H groups in total. The van der Waals surface area contributed by atoms with Crippen molar-refractivity contribution in [2.24, 2.45) is 0 Å². The second kappa shape index (κ2) is 36.3. The average molecular weight is 867 g/mol. The minimum absolute atomic E-state index is 0.105. The molecule has 0 aliphatic heterocycles. The molecule has 0 spiro atoms. The summed E-state index contributed by atoms with van der Waals surface area (Å²) in [6.45, 7) is 3.33. The lowest BCUT2D eigenvalue weighted by Crippen LogP contribution is -2.64. The molecule has 0 aromatic rings. The van der Waals surface area contributed by atoms with Gasteiger partial charge in [-0.2, -0.15) is 0 Å². The fourth-order valence-corrected chi connectivity index (χ4v) is 8.56. The lowest BCUT2D eigenvalue weighted by molar-refractivity contribution is -0.220. The fourth-order valence-electron chi connectivity index (χ4n) is 7.58. The number of esters is 2. The first kappa shape index (κ1) is 55.9. The maximum Gasteiger partial charge on any atom is 0.472 e. The van der Waals surface area contributed by atoms with E-state index in [0.717, 1.165) is 38.5 Å². The summed E-state index contributed by atoms with van der Waals surface area (Å²) in [5.74, 6) is -1.08. The Hall–Kier alpha value is -1.15. The van der Waals surface area contributed by atoms with Gasteiger partial charge in [0, 0.05) is 12.8 Å². The number of carbonyl (C=O) groups is 2. The van der Waals surface area contributed by atoms with E-state index < -0.39 is 75.7 Å². The van der Waals surface area contributed by atoms with Crippen LogP contribution in [0.1, 0.15) is 219 Å². The molecule has 1 saturated carbocycles. The van der Waals surface area contributed by atoms with Crippen molar-refractivity contribution in [1.29, 1.82) is 0 Å². The van der Waals surface area contributed by atoms with Crippen LogP contribution in [0.5, 0.6) is 0 Å². The molecular weight excluding hydrogens is 779 g/mol. The third kappa shape index (κ3) is 29.0. The molecule has 0 aromatic heterocycles. The highest BCUT2D eigenvalue weighted by Gasteiger charge is 2.51. The Morgan fingerprint density at radius 2 is 0.763 bits per heavy atom. The molecular formula is C45H87O13P. The first-order valence-corrected chi connectivity index (χ1v) is 25.3. The van der Waals surface area contributed by atoms with Gasteiger partial charge in [0.05, 0.1) is 6.61 Å². The monoisotopic (exact) mass is 867 g/mol. The molecule has 0 amide bonds. The molecule has 0 aromatic carbocycles. The van der Waals surface area contributed by atoms with Crippen molar-refractivity contribution >= 4 is 19.8 Å². The zero-order valence-corrected chi connectivity index (χ0v) is 38.0. The predicted molar refractivity (Wildman–Crippen MR) is 231 cm³/mol. The second-order valence-electron chi connectivity index (χ2n) is 17.0. The highest BCUT2D eigenvalue weighted by molar-refractivity contribution is 7.47. The summed E-state index contributed by atoms with van der Waals surface area (Å²) in [5, 5.41) is 50.1. The van der Waals surface area contributed by atoms with Crippen LogP contribution in [0.3, 0.4) is 0 Å². The van der Waals surface area contributed by atoms with Gasteiger partial charge in [-0.3, -0.25) is 18.6 Å². The molecule has 0 bridgehead atoms. The van der Waals surface area contributed by atoms with Crippen LogP contribution >= 0.6 is 7.82 Å². The van der Waals surface area contributed by atoms with E-state index in [1.807, 2.05) is 0 Å². The summed E-state index contributed by atoms with van der Waals surface area (Å²) in [5.41, 5.74) is 0. The van der Waals surface area contributed by atoms with Gasteiger partial charge in [-0.1, -0.05) is 194 Å². The smallest absolute Gasteiger partial charge is 0.462 e. The number of aliphatic hydroxyl groups excluding tert-OH is 5. The van der Waals surface area contributed by atoms with E-state index in [9.17, 15) is 44.6 Å². The number of ether oxygens (including phenoxy) is 2. The zero-order chi connectivity index (χ0) is 43.6. The molecule has 350 valence electrons. The molecule has 0 heterocycles. The van der Waals surface area contributed by atoms with Gasteiger partial charge in [0.25, 0.3) is 0 Å². The van der Waals surface area contributed by atoms with Gasteiger partial charge in [-0.05, 0) is 12.8 Å². The molecule has 1 fully saturated rings. The summed E-state index contributed by atoms with van der Waals surface area (Å²) in [6.07, 6.45) is 22.9. The molecule has 1 rings (SSSR count). The van der Waals surface area contributed by atoms with Gasteiger partial charge < -0.3 is 39.9 Å². The summed E-state index contributed by atoms with van der Waals surface area (Å²) in [7, 11) is -5.11. The number of hydrogen-bond donors (Lipinski definition) is 6. The SMILES string of the molecule is CCCCCCCCCCCCCCCCCC(=O)OC[C@@H](COP(=O)(O)OC1[C@H](O)[C@H](O)C(O)[C@H](O)[C@H]1O)OC(=O)CCCCCCCCCCCCCCCCC. The first-order chi connectivity index (χ1) is 28.4. The van der Waals surface area contributed by atoms with Gasteiger partial charge in [0.2, 0.25) is 0 Å². The van der Waals surface area contributed by atoms with Crippen molar-refractivity contribution in [2.45, 2.75) is 262 Å². The number of hydrogen-bond acceptors (Lipinski definition) is 12. The largest absolute Gasteiger partial charge is 0.472 e. The predicted octanol–water partition coefficient (Wildman–Crippen LogP) is 9.28. The molecule has 8 atom stereocenters. The van der Waals surface area contributed by atoms with Crippen LogP contribution in [-0.2, 0) is 32.7 Å². The summed E-state index contributed by atoms with van der Waals surface area (Å²) in [6, 6.07) is 0. The quantitative estimate of drug-likeness (QED) is 0.0193. The molecule has 13 nitrogen and oxygen atoms in total. The van der Waals surface area contributed by atoms with Gasteiger partial charge in [-0.25, -0.2) is 4.57 Å². The van der Waals surface area contributed by atoms with E-state index in [-0.39, 0.29) is 12.8 Å². The Morgan fingerprint density at radius 1 is 0.458 bits per heavy atom. The zero-order valence-electron chi connectivity index (χ0n) is 37.1. The Labute approximate surface area is 357 Å². The van der Waals surface area contributed by atoms with E-state index in [1.165, 1.54) is 141 Å². The molecule has 3 unspecified atom stereocenters. The molecule has 1 aliphatic rings. The summed E-state index contributed by atoms with van der Waals surface area (Å²) >= 11 is 0. The van der Waals surface area contributed by atoms with E-state index >= 15 is 0 Å². The standard InChI is InChI=1S/C45H87O13P/c1-3-5-7-9-11-13-15-17-19-21-23-25-27-29-31-33-38(46)55-35-37(36-56-59(53,54)58-45-43(51)41(49)40(48)42(50)44(45)52)57-39(47)34-32-30-28-26-24-22-20-18-16-14-12-10-8-6-4-2/h37,40-45,48-52H,3-36H2,1-2H3,(H,53,54)/t37-,40?,41-,42+,43+,44+,45?/m0/s1. The van der Waals surface area contributed by atoms with Gasteiger partial charge in [0.15, 0.2) is 6.10 Å². The van der Waals surface area contributed by atoms with Crippen LogP contribution < -0.4 is 0 Å². The minimum atomic E-state index is -5.11. The maximum atomic E-state index is 12.8. The number of phosphoric ester groups is 1. The molecule has 0 saturated heterocycles. The number of unbranched alkanes of at least 4 members (excludes halogenated alkanes) is 28. The van der Waals surface area contributed by atoms with Crippen LogP contribution in [0.15, 0.2) is 0 Å². The Morgan fingerprint density at radius 3 is 1.12 bits per heavy atom. The molecule has 0 radical (unpaired) electrons. The van der Waals surface area contributed by atoms with E-state index in [4.69, 9.17) is 18.5 Å². The van der Waals surface area contributed by atoms with Crippen molar-refractivity contribution < 1.29 is 63.1 Å². The number of phosphoric acid groups is 1. The maximum absolute atomic E-state index is 12.8. The van der Waals surface area contributed by atoms with Crippen LogP contribution in [0.4, 0.5) is 0 Å². The normalized spacial score (nSPS) is 22.2. The highest BCUT2D eigenvalue weighted by atomic mass is 31.2. The van der Waals surface area contributed by atoms with Crippen molar-refractivity contribution in [1.82, 2.24) is 0 Å². The number of rotatable bonds is 40. The van der Waals surface area contributed by atoms with Crippen molar-refractivity contribution in [3.63, 3.8) is 0 Å². The highest BCUT2D eigenvalue weighted by Crippen LogP contribution is 2.47. The van der Waals surface area contributed by atoms with E-state index in [1.54, 1.807) is 0 Å². The lowest BCUT2D eigenvalue weighted by atomic mass is 9.85. The minimum Gasteiger partial charge on any atom is -0.462 e. The molecule has 14 heteroatoms. The van der Waals surface area contributed by atoms with Crippen molar-refractivity contribution in [3.8, 4) is 0 Å². The Balaban J connectivity index is 2.43. The van der Waals surface area contributed by atoms with E-state index in [0.29, 0.717) is 12.8 Å². The van der Waals surface area contributed by atoms with Crippen LogP contribution in [0, 0.1) is 0 Å². The summed E-state index contributed by atoms with van der Waals surface area (Å²) < 4.78 is 33.6. The fraction of sp³-hybridized carbons (Fsp3) is 0.956. The average Bonchev–Trinajstić information content (AvgIpc) is 3.21. The topological polar surface area (TPSA) is 210 Å². The third-order valence-electron chi connectivity index (χ3n) is 11.4. The first-order valence-electron chi connectivity index (χ1n) is 23.8. The Kier molecular flexibility index (Phi) is 34.4. The lowest BCUT2D eigenvalue weighted by Gasteiger charge is -2.41. The van der Waals surface area contributed by atoms with Crippen LogP contribution in [-0.4, -0.2) is 98.3 Å². The Bertz CT molecular complexity index is 1050. The summed E-state index contributed by atoms with van der Waals surface area (Å²) in [4.78, 5) is 35.7. The number of aliphatic hydroxyl groups is 5. The van der Waals surface area contributed by atoms with Crippen LogP contribution in [0.2, 0.25) is 0 Å². The second-order valence-corrected chi connectivity index (χ2v) is 18.4. The third-order valence-corrected chi connectivity index (χ3v) is 12.4. The molecule has 59 heavy (non-hydrogen) atoms.